The standard InChI is InChI=1S/C27H19ClFN3O3S2/c1-35-23-11-10-19(13-21(23)28)32-26(34)24(37-27(32)36)12-16-14-31(22-5-3-2-4-20(16)22)15-25(33)30-18-8-6-17(29)7-9-18/h2-14H,15H2,1H3,(H,30,33)/b24-12-. The van der Waals surface area contributed by atoms with E-state index in [1.165, 1.54) is 48.0 Å². The number of nitrogens with zero attached hydrogens (tertiary/aromatic N) is 2. The minimum Gasteiger partial charge on any atom is -0.495 e. The fraction of sp³-hybridized carbons (Fsp3) is 0.0741. The van der Waals surface area contributed by atoms with E-state index in [1.54, 1.807) is 24.3 Å². The van der Waals surface area contributed by atoms with Crippen molar-refractivity contribution in [3.8, 4) is 5.75 Å². The lowest BCUT2D eigenvalue weighted by molar-refractivity contribution is -0.116. The predicted octanol–water partition coefficient (Wildman–Crippen LogP) is 6.49. The topological polar surface area (TPSA) is 63.6 Å². The second kappa shape index (κ2) is 10.4. The van der Waals surface area contributed by atoms with E-state index in [-0.39, 0.29) is 24.2 Å². The van der Waals surface area contributed by atoms with Crippen LogP contribution in [0, 0.1) is 5.82 Å². The molecule has 6 nitrogen and oxygen atoms in total. The van der Waals surface area contributed by atoms with Crippen molar-refractivity contribution >= 4 is 80.1 Å². The molecule has 0 unspecified atom stereocenters. The molecule has 0 bridgehead atoms. The third kappa shape index (κ3) is 5.11. The summed E-state index contributed by atoms with van der Waals surface area (Å²) in [6.07, 6.45) is 3.60. The highest BCUT2D eigenvalue weighted by atomic mass is 35.5. The zero-order valence-corrected chi connectivity index (χ0v) is 21.8. The predicted molar refractivity (Wildman–Crippen MR) is 151 cm³/mol. The summed E-state index contributed by atoms with van der Waals surface area (Å²) in [5.41, 5.74) is 2.67. The molecule has 0 aliphatic carbocycles. The fourth-order valence-electron chi connectivity index (χ4n) is 4.04. The second-order valence-corrected chi connectivity index (χ2v) is 10.2. The number of benzene rings is 3. The maximum atomic E-state index is 13.3. The number of carbonyl (C=O) groups excluding carboxylic acids is 2. The number of carbonyl (C=O) groups is 2. The van der Waals surface area contributed by atoms with Gasteiger partial charge in [-0.1, -0.05) is 53.8 Å². The van der Waals surface area contributed by atoms with Gasteiger partial charge in [0.1, 0.15) is 18.1 Å². The molecule has 2 amide bonds. The molecule has 2 heterocycles. The molecule has 3 aromatic carbocycles. The number of para-hydroxylation sites is 1. The highest BCUT2D eigenvalue weighted by Crippen LogP contribution is 2.39. The van der Waals surface area contributed by atoms with Gasteiger partial charge in [0.2, 0.25) is 5.91 Å². The lowest BCUT2D eigenvalue weighted by Crippen LogP contribution is -2.27. The quantitative estimate of drug-likeness (QED) is 0.219. The van der Waals surface area contributed by atoms with Crippen LogP contribution in [-0.4, -0.2) is 27.8 Å². The van der Waals surface area contributed by atoms with Crippen LogP contribution in [0.1, 0.15) is 5.56 Å². The van der Waals surface area contributed by atoms with E-state index >= 15 is 0 Å². The monoisotopic (exact) mass is 551 g/mol. The van der Waals surface area contributed by atoms with Gasteiger partial charge in [0.05, 0.1) is 22.7 Å². The maximum absolute atomic E-state index is 13.3. The number of thiocarbonyl (C=S) groups is 1. The van der Waals surface area contributed by atoms with E-state index in [2.05, 4.69) is 5.32 Å². The normalized spacial score (nSPS) is 14.6. The summed E-state index contributed by atoms with van der Waals surface area (Å²) in [7, 11) is 1.52. The van der Waals surface area contributed by atoms with Gasteiger partial charge in [-0.05, 0) is 54.6 Å². The molecule has 1 aliphatic heterocycles. The Balaban J connectivity index is 1.42. The zero-order valence-electron chi connectivity index (χ0n) is 19.4. The van der Waals surface area contributed by atoms with Gasteiger partial charge >= 0.3 is 0 Å². The highest BCUT2D eigenvalue weighted by molar-refractivity contribution is 8.27. The summed E-state index contributed by atoms with van der Waals surface area (Å²) >= 11 is 13.0. The van der Waals surface area contributed by atoms with Gasteiger partial charge in [0, 0.05) is 28.4 Å². The van der Waals surface area contributed by atoms with Crippen LogP contribution < -0.4 is 15.0 Å². The third-order valence-electron chi connectivity index (χ3n) is 5.74. The molecule has 5 rings (SSSR count). The second-order valence-electron chi connectivity index (χ2n) is 8.12. The molecule has 4 aromatic rings. The Morgan fingerprint density at radius 2 is 1.92 bits per heavy atom. The van der Waals surface area contributed by atoms with Crippen molar-refractivity contribution in [2.45, 2.75) is 6.54 Å². The summed E-state index contributed by atoms with van der Waals surface area (Å²) in [6.45, 7) is 0.0387. The number of anilines is 2. The first-order valence-corrected chi connectivity index (χ1v) is 12.7. The first-order chi connectivity index (χ1) is 17.8. The molecular weight excluding hydrogens is 533 g/mol. The van der Waals surface area contributed by atoms with Gasteiger partial charge in [-0.2, -0.15) is 0 Å². The first kappa shape index (κ1) is 25.0. The Labute approximate surface area is 226 Å². The fourth-order valence-corrected chi connectivity index (χ4v) is 5.58. The Hall–Kier alpha value is -3.66. The lowest BCUT2D eigenvalue weighted by Gasteiger charge is -2.15. The molecule has 0 atom stereocenters. The van der Waals surface area contributed by atoms with E-state index in [0.717, 1.165) is 16.5 Å². The van der Waals surface area contributed by atoms with Crippen molar-refractivity contribution in [3.63, 3.8) is 0 Å². The third-order valence-corrected chi connectivity index (χ3v) is 7.33. The Bertz CT molecular complexity index is 1580. The molecular formula is C27H19ClFN3O3S2. The number of hydrogen-bond acceptors (Lipinski definition) is 5. The smallest absolute Gasteiger partial charge is 0.270 e. The van der Waals surface area contributed by atoms with Crippen LogP contribution >= 0.6 is 35.6 Å². The summed E-state index contributed by atoms with van der Waals surface area (Å²) in [6, 6.07) is 18.2. The number of ether oxygens (including phenoxy) is 1. The van der Waals surface area contributed by atoms with E-state index in [4.69, 9.17) is 28.6 Å². The minimum atomic E-state index is -0.375. The Kier molecular flexibility index (Phi) is 7.01. The number of thioether (sulfide) groups is 1. The first-order valence-electron chi connectivity index (χ1n) is 11.1. The molecule has 186 valence electrons. The molecule has 1 N–H and O–H groups in total. The van der Waals surface area contributed by atoms with Gasteiger partial charge in [-0.3, -0.25) is 14.5 Å². The van der Waals surface area contributed by atoms with Crippen molar-refractivity contribution in [1.82, 2.24) is 4.57 Å². The largest absolute Gasteiger partial charge is 0.495 e. The lowest BCUT2D eigenvalue weighted by atomic mass is 10.1. The van der Waals surface area contributed by atoms with Crippen molar-refractivity contribution in [3.05, 3.63) is 94.2 Å². The van der Waals surface area contributed by atoms with Crippen molar-refractivity contribution < 1.29 is 18.7 Å². The summed E-state index contributed by atoms with van der Waals surface area (Å²) in [4.78, 5) is 27.9. The minimum absolute atomic E-state index is 0.0387. The van der Waals surface area contributed by atoms with E-state index in [9.17, 15) is 14.0 Å². The maximum Gasteiger partial charge on any atom is 0.270 e. The number of nitrogens with one attached hydrogen (secondary N) is 1. The molecule has 0 saturated carbocycles. The van der Waals surface area contributed by atoms with Gasteiger partial charge in [0.25, 0.3) is 5.91 Å². The van der Waals surface area contributed by atoms with Gasteiger partial charge in [-0.15, -0.1) is 0 Å². The molecule has 37 heavy (non-hydrogen) atoms. The van der Waals surface area contributed by atoms with Crippen LogP contribution in [0.5, 0.6) is 5.75 Å². The molecule has 0 radical (unpaired) electrons. The van der Waals surface area contributed by atoms with Gasteiger partial charge in [0.15, 0.2) is 4.32 Å². The van der Waals surface area contributed by atoms with Crippen LogP contribution in [0.4, 0.5) is 15.8 Å². The van der Waals surface area contributed by atoms with E-state index in [0.29, 0.717) is 31.4 Å². The number of hydrogen-bond donors (Lipinski definition) is 1. The number of methoxy groups -OCH3 is 1. The average molecular weight is 552 g/mol. The van der Waals surface area contributed by atoms with Crippen LogP contribution in [0.15, 0.2) is 77.8 Å². The number of halogens is 2. The zero-order chi connectivity index (χ0) is 26.1. The van der Waals surface area contributed by atoms with Crippen LogP contribution in [0.2, 0.25) is 5.02 Å². The number of amides is 2. The molecule has 1 fully saturated rings. The number of fused-ring (bicyclic) bond motifs is 1. The Morgan fingerprint density at radius 1 is 1.16 bits per heavy atom. The van der Waals surface area contributed by atoms with E-state index < -0.39 is 0 Å². The van der Waals surface area contributed by atoms with Crippen molar-refractivity contribution in [1.29, 1.82) is 0 Å². The van der Waals surface area contributed by atoms with Crippen molar-refractivity contribution in [2.24, 2.45) is 0 Å². The molecule has 1 aliphatic rings. The summed E-state index contributed by atoms with van der Waals surface area (Å²) in [5, 5.41) is 4.03. The van der Waals surface area contributed by atoms with Gasteiger partial charge in [-0.25, -0.2) is 4.39 Å². The summed E-state index contributed by atoms with van der Waals surface area (Å²) in [5.74, 6) is -0.397. The number of aromatic nitrogens is 1. The van der Waals surface area contributed by atoms with Gasteiger partial charge < -0.3 is 14.6 Å². The van der Waals surface area contributed by atoms with Crippen LogP contribution in [0.3, 0.4) is 0 Å². The van der Waals surface area contributed by atoms with Crippen LogP contribution in [0.25, 0.3) is 17.0 Å². The molecule has 1 saturated heterocycles. The van der Waals surface area contributed by atoms with Crippen LogP contribution in [-0.2, 0) is 16.1 Å². The average Bonchev–Trinajstić information content (AvgIpc) is 3.36. The highest BCUT2D eigenvalue weighted by Gasteiger charge is 2.34. The molecule has 0 spiro atoms. The molecule has 10 heteroatoms. The molecule has 1 aromatic heterocycles. The van der Waals surface area contributed by atoms with Crippen molar-refractivity contribution in [2.75, 3.05) is 17.3 Å². The van der Waals surface area contributed by atoms with E-state index in [1.807, 2.05) is 35.0 Å². The SMILES string of the molecule is COc1ccc(N2C(=O)/C(=C/c3cn(CC(=O)Nc4ccc(F)cc4)c4ccccc34)SC2=S)cc1Cl. The number of rotatable bonds is 6. The Morgan fingerprint density at radius 3 is 2.65 bits per heavy atom. The summed E-state index contributed by atoms with van der Waals surface area (Å²) < 4.78 is 20.6.